The van der Waals surface area contributed by atoms with Crippen LogP contribution in [0.15, 0.2) is 52.2 Å². The molecule has 1 saturated heterocycles. The van der Waals surface area contributed by atoms with Gasteiger partial charge in [0.15, 0.2) is 0 Å². The Morgan fingerprint density at radius 2 is 1.96 bits per heavy atom. The molecular formula is C20H27ClN4O2. The summed E-state index contributed by atoms with van der Waals surface area (Å²) < 4.78 is 2.65. The number of aromatic nitrogens is 2. The van der Waals surface area contributed by atoms with Crippen LogP contribution >= 0.6 is 12.4 Å². The Labute approximate surface area is 165 Å². The van der Waals surface area contributed by atoms with Crippen molar-refractivity contribution in [1.29, 1.82) is 0 Å². The molecule has 1 N–H and O–H groups in total. The predicted octanol–water partition coefficient (Wildman–Crippen LogP) is 1.38. The van der Waals surface area contributed by atoms with Gasteiger partial charge in [-0.05, 0) is 18.5 Å². The molecule has 1 aromatic heterocycles. The minimum absolute atomic E-state index is 0. The fourth-order valence-electron chi connectivity index (χ4n) is 3.39. The topological polar surface area (TPSA) is 59.3 Å². The number of hydrogen-bond donors (Lipinski definition) is 1. The molecule has 0 radical (unpaired) electrons. The van der Waals surface area contributed by atoms with E-state index in [-0.39, 0.29) is 23.7 Å². The van der Waals surface area contributed by atoms with Crippen molar-refractivity contribution in [3.05, 3.63) is 74.6 Å². The molecule has 6 nitrogen and oxygen atoms in total. The predicted molar refractivity (Wildman–Crippen MR) is 111 cm³/mol. The lowest BCUT2D eigenvalue weighted by Gasteiger charge is -2.27. The molecule has 0 spiro atoms. The molecule has 7 heteroatoms. The van der Waals surface area contributed by atoms with Crippen molar-refractivity contribution in [2.24, 2.45) is 14.1 Å². The van der Waals surface area contributed by atoms with Gasteiger partial charge in [0, 0.05) is 51.5 Å². The molecular weight excluding hydrogens is 364 g/mol. The SMILES string of the molecule is Cl.Cn1cc(CN(C/C=C/c2ccccc2)C2CCNC2)c(=O)n(C)c1=O. The summed E-state index contributed by atoms with van der Waals surface area (Å²) in [6.45, 7) is 3.21. The van der Waals surface area contributed by atoms with E-state index >= 15 is 0 Å². The molecule has 0 amide bonds. The lowest BCUT2D eigenvalue weighted by molar-refractivity contribution is 0.220. The van der Waals surface area contributed by atoms with Crippen LogP contribution in [0.4, 0.5) is 0 Å². The Kier molecular flexibility index (Phi) is 7.59. The molecule has 2 heterocycles. The molecule has 146 valence electrons. The Morgan fingerprint density at radius 1 is 1.22 bits per heavy atom. The molecule has 1 unspecified atom stereocenters. The van der Waals surface area contributed by atoms with Gasteiger partial charge in [-0.1, -0.05) is 42.5 Å². The molecule has 27 heavy (non-hydrogen) atoms. The first kappa shape index (κ1) is 21.2. The van der Waals surface area contributed by atoms with Crippen LogP contribution in [-0.4, -0.2) is 39.7 Å². The van der Waals surface area contributed by atoms with Crippen LogP contribution in [0.5, 0.6) is 0 Å². The zero-order chi connectivity index (χ0) is 18.5. The molecule has 1 aliphatic rings. The first-order valence-electron chi connectivity index (χ1n) is 8.98. The summed E-state index contributed by atoms with van der Waals surface area (Å²) in [5.74, 6) is 0. The van der Waals surface area contributed by atoms with E-state index in [2.05, 4.69) is 34.5 Å². The number of benzene rings is 1. The second-order valence-electron chi connectivity index (χ2n) is 6.80. The van der Waals surface area contributed by atoms with Gasteiger partial charge in [-0.2, -0.15) is 0 Å². The maximum atomic E-state index is 12.5. The Bertz CT molecular complexity index is 883. The molecule has 1 atom stereocenters. The van der Waals surface area contributed by atoms with Crippen LogP contribution in [0.3, 0.4) is 0 Å². The highest BCUT2D eigenvalue weighted by molar-refractivity contribution is 5.85. The van der Waals surface area contributed by atoms with Crippen LogP contribution < -0.4 is 16.6 Å². The van der Waals surface area contributed by atoms with Crippen molar-refractivity contribution in [3.8, 4) is 0 Å². The van der Waals surface area contributed by atoms with Crippen molar-refractivity contribution in [2.45, 2.75) is 19.0 Å². The smallest absolute Gasteiger partial charge is 0.315 e. The number of nitrogens with zero attached hydrogens (tertiary/aromatic N) is 3. The highest BCUT2D eigenvalue weighted by Crippen LogP contribution is 2.12. The van der Waals surface area contributed by atoms with Crippen molar-refractivity contribution in [2.75, 3.05) is 19.6 Å². The third kappa shape index (κ3) is 5.19. The molecule has 1 aliphatic heterocycles. The molecule has 0 bridgehead atoms. The lowest BCUT2D eigenvalue weighted by Crippen LogP contribution is -2.42. The number of hydrogen-bond acceptors (Lipinski definition) is 4. The fourth-order valence-corrected chi connectivity index (χ4v) is 3.39. The second kappa shape index (κ2) is 9.69. The maximum absolute atomic E-state index is 12.5. The molecule has 3 rings (SSSR count). The van der Waals surface area contributed by atoms with Crippen LogP contribution in [0.25, 0.3) is 6.08 Å². The summed E-state index contributed by atoms with van der Waals surface area (Å²) in [7, 11) is 3.22. The van der Waals surface area contributed by atoms with Crippen molar-refractivity contribution < 1.29 is 0 Å². The Balaban J connectivity index is 0.00000261. The number of rotatable bonds is 6. The van der Waals surface area contributed by atoms with E-state index in [1.165, 1.54) is 16.2 Å². The van der Waals surface area contributed by atoms with Gasteiger partial charge in [-0.25, -0.2) is 4.79 Å². The monoisotopic (exact) mass is 390 g/mol. The van der Waals surface area contributed by atoms with Crippen molar-refractivity contribution in [1.82, 2.24) is 19.4 Å². The third-order valence-corrected chi connectivity index (χ3v) is 4.89. The Hall–Kier alpha value is -2.15. The average Bonchev–Trinajstić information content (AvgIpc) is 3.19. The first-order valence-corrected chi connectivity index (χ1v) is 8.98. The van der Waals surface area contributed by atoms with Gasteiger partial charge in [0.05, 0.1) is 0 Å². The maximum Gasteiger partial charge on any atom is 0.330 e. The average molecular weight is 391 g/mol. The van der Waals surface area contributed by atoms with Gasteiger partial charge in [-0.15, -0.1) is 12.4 Å². The summed E-state index contributed by atoms with van der Waals surface area (Å²) >= 11 is 0. The molecule has 1 aromatic carbocycles. The fraction of sp³-hybridized carbons (Fsp3) is 0.400. The highest BCUT2D eigenvalue weighted by atomic mass is 35.5. The number of aryl methyl sites for hydroxylation is 1. The van der Waals surface area contributed by atoms with Gasteiger partial charge in [0.25, 0.3) is 5.56 Å². The summed E-state index contributed by atoms with van der Waals surface area (Å²) in [5.41, 5.74) is 1.30. The van der Waals surface area contributed by atoms with E-state index in [0.717, 1.165) is 31.6 Å². The number of halogens is 1. The van der Waals surface area contributed by atoms with Gasteiger partial charge in [0.1, 0.15) is 0 Å². The first-order chi connectivity index (χ1) is 12.6. The van der Waals surface area contributed by atoms with Crippen molar-refractivity contribution in [3.63, 3.8) is 0 Å². The molecule has 0 saturated carbocycles. The van der Waals surface area contributed by atoms with E-state index in [1.807, 2.05) is 18.2 Å². The summed E-state index contributed by atoms with van der Waals surface area (Å²) in [6, 6.07) is 10.6. The van der Waals surface area contributed by atoms with E-state index in [4.69, 9.17) is 0 Å². The largest absolute Gasteiger partial charge is 0.330 e. The molecule has 2 aromatic rings. The normalized spacial score (nSPS) is 16.8. The zero-order valence-electron chi connectivity index (χ0n) is 15.8. The third-order valence-electron chi connectivity index (χ3n) is 4.89. The summed E-state index contributed by atoms with van der Waals surface area (Å²) in [4.78, 5) is 26.7. The van der Waals surface area contributed by atoms with E-state index < -0.39 is 0 Å². The van der Waals surface area contributed by atoms with E-state index in [9.17, 15) is 9.59 Å². The van der Waals surface area contributed by atoms with Crippen LogP contribution in [0.1, 0.15) is 17.5 Å². The van der Waals surface area contributed by atoms with Crippen LogP contribution in [0.2, 0.25) is 0 Å². The zero-order valence-corrected chi connectivity index (χ0v) is 16.6. The quantitative estimate of drug-likeness (QED) is 0.809. The minimum Gasteiger partial charge on any atom is -0.315 e. The van der Waals surface area contributed by atoms with Gasteiger partial charge in [0.2, 0.25) is 0 Å². The van der Waals surface area contributed by atoms with Crippen LogP contribution in [-0.2, 0) is 20.6 Å². The van der Waals surface area contributed by atoms with Crippen molar-refractivity contribution >= 4 is 18.5 Å². The lowest BCUT2D eigenvalue weighted by atomic mass is 10.1. The molecule has 0 aliphatic carbocycles. The van der Waals surface area contributed by atoms with Gasteiger partial charge >= 0.3 is 5.69 Å². The van der Waals surface area contributed by atoms with Crippen LogP contribution in [0, 0.1) is 0 Å². The molecule has 1 fully saturated rings. The number of nitrogens with one attached hydrogen (secondary N) is 1. The minimum atomic E-state index is -0.295. The Morgan fingerprint density at radius 3 is 2.63 bits per heavy atom. The highest BCUT2D eigenvalue weighted by Gasteiger charge is 2.23. The van der Waals surface area contributed by atoms with E-state index in [1.54, 1.807) is 13.2 Å². The van der Waals surface area contributed by atoms with Gasteiger partial charge in [-0.3, -0.25) is 14.3 Å². The van der Waals surface area contributed by atoms with Gasteiger partial charge < -0.3 is 9.88 Å². The standard InChI is InChI=1S/C20H26N4O2.ClH/c1-22-14-17(19(25)23(2)20(22)26)15-24(18-10-11-21-13-18)12-6-9-16-7-4-3-5-8-16;/h3-9,14,18,21H,10-13,15H2,1-2H3;1H/b9-6+;. The van der Waals surface area contributed by atoms with E-state index in [0.29, 0.717) is 18.2 Å². The summed E-state index contributed by atoms with van der Waals surface area (Å²) in [6.07, 6.45) is 6.97. The second-order valence-corrected chi connectivity index (χ2v) is 6.80. The summed E-state index contributed by atoms with van der Waals surface area (Å²) in [5, 5.41) is 3.39.